The Balaban J connectivity index is 2.14. The summed E-state index contributed by atoms with van der Waals surface area (Å²) in [4.78, 5) is 0. The van der Waals surface area contributed by atoms with Crippen molar-refractivity contribution in [3.05, 3.63) is 60.2 Å². The molecule has 2 aromatic rings. The summed E-state index contributed by atoms with van der Waals surface area (Å²) in [5.41, 5.74) is 2.22. The number of rotatable bonds is 6. The fourth-order valence-electron chi connectivity index (χ4n) is 2.14. The van der Waals surface area contributed by atoms with Crippen LogP contribution in [0.2, 0.25) is 0 Å². The van der Waals surface area contributed by atoms with Gasteiger partial charge in [0.1, 0.15) is 11.8 Å². The highest BCUT2D eigenvalue weighted by Gasteiger charge is 2.07. The van der Waals surface area contributed by atoms with Crippen LogP contribution in [0.1, 0.15) is 37.8 Å². The normalized spacial score (nSPS) is 11.2. The molecule has 0 spiro atoms. The zero-order chi connectivity index (χ0) is 15.6. The molecule has 2 heteroatoms. The molecular formula is C20H23NO. The number of benzene rings is 2. The van der Waals surface area contributed by atoms with Gasteiger partial charge in [-0.2, -0.15) is 0 Å². The first-order valence-corrected chi connectivity index (χ1v) is 7.77. The molecular weight excluding hydrogens is 270 g/mol. The lowest BCUT2D eigenvalue weighted by atomic mass is 10.1. The predicted molar refractivity (Wildman–Crippen MR) is 93.1 cm³/mol. The SMILES string of the molecule is CCCCC#C[C@H](Nc1ccc(OC)cc1)c1ccccc1. The van der Waals surface area contributed by atoms with Gasteiger partial charge in [-0.1, -0.05) is 49.6 Å². The zero-order valence-corrected chi connectivity index (χ0v) is 13.3. The Labute approximate surface area is 133 Å². The van der Waals surface area contributed by atoms with E-state index in [9.17, 15) is 0 Å². The molecule has 0 aliphatic heterocycles. The molecule has 0 aliphatic carbocycles. The van der Waals surface area contributed by atoms with E-state index in [-0.39, 0.29) is 6.04 Å². The van der Waals surface area contributed by atoms with Gasteiger partial charge in [0.2, 0.25) is 0 Å². The van der Waals surface area contributed by atoms with Crippen LogP contribution < -0.4 is 10.1 Å². The molecule has 0 saturated carbocycles. The number of unbranched alkanes of at least 4 members (excludes halogenated alkanes) is 2. The van der Waals surface area contributed by atoms with Gasteiger partial charge < -0.3 is 10.1 Å². The smallest absolute Gasteiger partial charge is 0.119 e. The number of anilines is 1. The van der Waals surface area contributed by atoms with Gasteiger partial charge in [0.25, 0.3) is 0 Å². The van der Waals surface area contributed by atoms with Crippen molar-refractivity contribution in [1.82, 2.24) is 0 Å². The van der Waals surface area contributed by atoms with E-state index in [1.54, 1.807) is 7.11 Å². The predicted octanol–water partition coefficient (Wildman–Crippen LogP) is 5.04. The summed E-state index contributed by atoms with van der Waals surface area (Å²) < 4.78 is 5.19. The second-order valence-corrected chi connectivity index (χ2v) is 5.14. The highest BCUT2D eigenvalue weighted by Crippen LogP contribution is 2.21. The van der Waals surface area contributed by atoms with E-state index in [1.807, 2.05) is 42.5 Å². The molecule has 0 saturated heterocycles. The lowest BCUT2D eigenvalue weighted by molar-refractivity contribution is 0.415. The van der Waals surface area contributed by atoms with E-state index in [0.717, 1.165) is 24.3 Å². The van der Waals surface area contributed by atoms with Crippen molar-refractivity contribution >= 4 is 5.69 Å². The van der Waals surface area contributed by atoms with Gasteiger partial charge in [-0.3, -0.25) is 0 Å². The Kier molecular flexibility index (Phi) is 6.39. The van der Waals surface area contributed by atoms with Gasteiger partial charge in [0.15, 0.2) is 0 Å². The summed E-state index contributed by atoms with van der Waals surface area (Å²) in [6.45, 7) is 2.19. The topological polar surface area (TPSA) is 21.3 Å². The molecule has 2 rings (SSSR count). The molecule has 0 unspecified atom stereocenters. The van der Waals surface area contributed by atoms with E-state index in [2.05, 4.69) is 36.2 Å². The number of nitrogens with one attached hydrogen (secondary N) is 1. The lowest BCUT2D eigenvalue weighted by Crippen LogP contribution is -2.08. The van der Waals surface area contributed by atoms with Crippen molar-refractivity contribution in [1.29, 1.82) is 0 Å². The molecule has 0 fully saturated rings. The summed E-state index contributed by atoms with van der Waals surface area (Å²) in [6.07, 6.45) is 3.28. The van der Waals surface area contributed by atoms with Crippen LogP contribution >= 0.6 is 0 Å². The third kappa shape index (κ3) is 4.86. The minimum Gasteiger partial charge on any atom is -0.497 e. The van der Waals surface area contributed by atoms with Crippen LogP contribution in [0.15, 0.2) is 54.6 Å². The highest BCUT2D eigenvalue weighted by atomic mass is 16.5. The highest BCUT2D eigenvalue weighted by molar-refractivity contribution is 5.50. The zero-order valence-electron chi connectivity index (χ0n) is 13.3. The molecule has 1 N–H and O–H groups in total. The van der Waals surface area contributed by atoms with Crippen molar-refractivity contribution in [3.8, 4) is 17.6 Å². The third-order valence-corrected chi connectivity index (χ3v) is 3.44. The van der Waals surface area contributed by atoms with Gasteiger partial charge in [-0.25, -0.2) is 0 Å². The van der Waals surface area contributed by atoms with Crippen molar-refractivity contribution in [2.75, 3.05) is 12.4 Å². The molecule has 1 atom stereocenters. The van der Waals surface area contributed by atoms with Crippen LogP contribution in [0.25, 0.3) is 0 Å². The summed E-state index contributed by atoms with van der Waals surface area (Å²) in [6, 6.07) is 18.3. The Hall–Kier alpha value is -2.40. The van der Waals surface area contributed by atoms with Crippen LogP contribution in [0.5, 0.6) is 5.75 Å². The molecule has 2 aromatic carbocycles. The monoisotopic (exact) mass is 293 g/mol. The molecule has 114 valence electrons. The Morgan fingerprint density at radius 2 is 1.77 bits per heavy atom. The summed E-state index contributed by atoms with van der Waals surface area (Å²) >= 11 is 0. The summed E-state index contributed by atoms with van der Waals surface area (Å²) in [7, 11) is 1.68. The van der Waals surface area contributed by atoms with Crippen LogP contribution in [0, 0.1) is 11.8 Å². The maximum atomic E-state index is 5.19. The van der Waals surface area contributed by atoms with E-state index >= 15 is 0 Å². The van der Waals surface area contributed by atoms with E-state index in [0.29, 0.717) is 0 Å². The average Bonchev–Trinajstić information content (AvgIpc) is 2.59. The Morgan fingerprint density at radius 3 is 2.41 bits per heavy atom. The van der Waals surface area contributed by atoms with Gasteiger partial charge in [0, 0.05) is 12.1 Å². The van der Waals surface area contributed by atoms with Crippen molar-refractivity contribution in [2.45, 2.75) is 32.2 Å². The fourth-order valence-corrected chi connectivity index (χ4v) is 2.14. The second-order valence-electron chi connectivity index (χ2n) is 5.14. The first-order chi connectivity index (χ1) is 10.8. The standard InChI is InChI=1S/C20H23NO/c1-3-4-5-9-12-20(17-10-7-6-8-11-17)21-18-13-15-19(22-2)16-14-18/h6-8,10-11,13-16,20-21H,3-5H2,1-2H3/t20-/m0/s1. The average molecular weight is 293 g/mol. The van der Waals surface area contributed by atoms with Crippen molar-refractivity contribution < 1.29 is 4.74 Å². The Bertz CT molecular complexity index is 608. The maximum Gasteiger partial charge on any atom is 0.119 e. The van der Waals surface area contributed by atoms with E-state index < -0.39 is 0 Å². The van der Waals surface area contributed by atoms with Crippen LogP contribution in [-0.2, 0) is 0 Å². The largest absolute Gasteiger partial charge is 0.497 e. The van der Waals surface area contributed by atoms with Gasteiger partial charge >= 0.3 is 0 Å². The van der Waals surface area contributed by atoms with Crippen LogP contribution in [0.3, 0.4) is 0 Å². The van der Waals surface area contributed by atoms with E-state index in [1.165, 1.54) is 12.0 Å². The molecule has 2 nitrogen and oxygen atoms in total. The number of hydrogen-bond acceptors (Lipinski definition) is 2. The maximum absolute atomic E-state index is 5.19. The van der Waals surface area contributed by atoms with Crippen LogP contribution in [0.4, 0.5) is 5.69 Å². The first-order valence-electron chi connectivity index (χ1n) is 7.77. The van der Waals surface area contributed by atoms with Gasteiger partial charge in [-0.15, -0.1) is 5.92 Å². The van der Waals surface area contributed by atoms with E-state index in [4.69, 9.17) is 4.74 Å². The molecule has 0 aromatic heterocycles. The fraction of sp³-hybridized carbons (Fsp3) is 0.300. The number of methoxy groups -OCH3 is 1. The quantitative estimate of drug-likeness (QED) is 0.595. The number of hydrogen-bond donors (Lipinski definition) is 1. The van der Waals surface area contributed by atoms with Gasteiger partial charge in [0.05, 0.1) is 7.11 Å². The minimum absolute atomic E-state index is 0.00597. The first kappa shape index (κ1) is 16.0. The molecule has 22 heavy (non-hydrogen) atoms. The lowest BCUT2D eigenvalue weighted by Gasteiger charge is -2.15. The van der Waals surface area contributed by atoms with Crippen molar-refractivity contribution in [2.24, 2.45) is 0 Å². The van der Waals surface area contributed by atoms with Crippen molar-refractivity contribution in [3.63, 3.8) is 0 Å². The molecule has 0 aliphatic rings. The van der Waals surface area contributed by atoms with Gasteiger partial charge in [-0.05, 0) is 36.2 Å². The van der Waals surface area contributed by atoms with Crippen LogP contribution in [-0.4, -0.2) is 7.11 Å². The molecule has 0 heterocycles. The number of ether oxygens (including phenoxy) is 1. The third-order valence-electron chi connectivity index (χ3n) is 3.44. The molecule has 0 radical (unpaired) electrons. The summed E-state index contributed by atoms with van der Waals surface area (Å²) in [5, 5.41) is 3.49. The molecule has 0 amide bonds. The summed E-state index contributed by atoms with van der Waals surface area (Å²) in [5.74, 6) is 7.50. The molecule has 0 bridgehead atoms. The minimum atomic E-state index is 0.00597. The second kappa shape index (κ2) is 8.79. The Morgan fingerprint density at radius 1 is 1.05 bits per heavy atom.